The van der Waals surface area contributed by atoms with Crippen molar-refractivity contribution in [1.29, 1.82) is 5.26 Å². The summed E-state index contributed by atoms with van der Waals surface area (Å²) in [4.78, 5) is 2.73. The third kappa shape index (κ3) is 2.16. The summed E-state index contributed by atoms with van der Waals surface area (Å²) < 4.78 is 1.03. The molecule has 0 saturated heterocycles. The predicted molar refractivity (Wildman–Crippen MR) is 89.9 cm³/mol. The van der Waals surface area contributed by atoms with Gasteiger partial charge in [0.2, 0.25) is 0 Å². The molecule has 2 aromatic heterocycles. The van der Waals surface area contributed by atoms with Gasteiger partial charge in [0, 0.05) is 10.0 Å². The maximum Gasteiger partial charge on any atom is 0.129 e. The Hall–Kier alpha value is -1.61. The molecule has 0 spiro atoms. The van der Waals surface area contributed by atoms with E-state index in [0.717, 1.165) is 25.4 Å². The van der Waals surface area contributed by atoms with E-state index >= 15 is 0 Å². The summed E-state index contributed by atoms with van der Waals surface area (Å²) in [5.74, 6) is 0. The molecule has 0 bridgehead atoms. The summed E-state index contributed by atoms with van der Waals surface area (Å²) in [5, 5.41) is 11.3. The molecule has 0 aliphatic rings. The summed E-state index contributed by atoms with van der Waals surface area (Å²) in [6, 6.07) is 14.2. The van der Waals surface area contributed by atoms with Crippen molar-refractivity contribution in [2.75, 3.05) is 5.73 Å². The Labute approximate surface area is 133 Å². The van der Waals surface area contributed by atoms with Gasteiger partial charge in [0.15, 0.2) is 0 Å². The molecule has 2 N–H and O–H groups in total. The largest absolute Gasteiger partial charge is 0.396 e. The number of anilines is 1. The van der Waals surface area contributed by atoms with E-state index in [-0.39, 0.29) is 0 Å². The fraction of sp³-hybridized carbons (Fsp3) is 0. The molecule has 0 atom stereocenters. The van der Waals surface area contributed by atoms with E-state index in [1.807, 2.05) is 41.8 Å². The SMILES string of the molecule is N#Cc1sc(-c2sccc2Br)c(-c2ccccc2)c1N. The van der Waals surface area contributed by atoms with Crippen LogP contribution >= 0.6 is 38.6 Å². The van der Waals surface area contributed by atoms with Crippen LogP contribution in [0.2, 0.25) is 0 Å². The van der Waals surface area contributed by atoms with Crippen LogP contribution in [-0.4, -0.2) is 0 Å². The van der Waals surface area contributed by atoms with Crippen LogP contribution in [0.15, 0.2) is 46.3 Å². The molecule has 3 rings (SSSR count). The number of nitriles is 1. The van der Waals surface area contributed by atoms with Gasteiger partial charge in [-0.2, -0.15) is 5.26 Å². The van der Waals surface area contributed by atoms with Crippen molar-refractivity contribution in [3.8, 4) is 27.0 Å². The van der Waals surface area contributed by atoms with E-state index in [2.05, 4.69) is 22.0 Å². The second-order valence-corrected chi connectivity index (χ2v) is 6.92. The standard InChI is InChI=1S/C15H9BrN2S2/c16-10-6-7-19-14(10)15-12(9-4-2-1-3-5-9)13(18)11(8-17)20-15/h1-7H,18H2. The monoisotopic (exact) mass is 360 g/mol. The summed E-state index contributed by atoms with van der Waals surface area (Å²) in [6.45, 7) is 0. The van der Waals surface area contributed by atoms with Crippen molar-refractivity contribution in [2.24, 2.45) is 0 Å². The third-order valence-electron chi connectivity index (χ3n) is 2.93. The number of benzene rings is 1. The van der Waals surface area contributed by atoms with Crippen molar-refractivity contribution in [3.05, 3.63) is 51.1 Å². The molecule has 5 heteroatoms. The molecule has 0 radical (unpaired) electrons. The van der Waals surface area contributed by atoms with Crippen LogP contribution in [0.1, 0.15) is 4.88 Å². The zero-order chi connectivity index (χ0) is 14.1. The molecule has 0 aliphatic heterocycles. The third-order valence-corrected chi connectivity index (χ3v) is 6.04. The number of thiophene rings is 2. The molecule has 20 heavy (non-hydrogen) atoms. The first-order valence-corrected chi connectivity index (χ1v) is 8.32. The van der Waals surface area contributed by atoms with Crippen LogP contribution in [0.3, 0.4) is 0 Å². The smallest absolute Gasteiger partial charge is 0.129 e. The van der Waals surface area contributed by atoms with Gasteiger partial charge in [0.25, 0.3) is 0 Å². The molecule has 2 nitrogen and oxygen atoms in total. The second-order valence-electron chi connectivity index (χ2n) is 4.12. The summed E-state index contributed by atoms with van der Waals surface area (Å²) in [7, 11) is 0. The van der Waals surface area contributed by atoms with Crippen molar-refractivity contribution in [1.82, 2.24) is 0 Å². The van der Waals surface area contributed by atoms with Gasteiger partial charge in [-0.3, -0.25) is 0 Å². The first-order valence-electron chi connectivity index (χ1n) is 5.83. The quantitative estimate of drug-likeness (QED) is 0.668. The van der Waals surface area contributed by atoms with Crippen molar-refractivity contribution in [3.63, 3.8) is 0 Å². The summed E-state index contributed by atoms with van der Waals surface area (Å²) >= 11 is 6.65. The highest BCUT2D eigenvalue weighted by Crippen LogP contribution is 2.48. The number of nitrogen functional groups attached to an aromatic ring is 1. The number of nitrogens with two attached hydrogens (primary N) is 1. The van der Waals surface area contributed by atoms with E-state index in [4.69, 9.17) is 5.73 Å². The summed E-state index contributed by atoms with van der Waals surface area (Å²) in [6.07, 6.45) is 0. The fourth-order valence-electron chi connectivity index (χ4n) is 2.03. The summed E-state index contributed by atoms with van der Waals surface area (Å²) in [5.41, 5.74) is 8.74. The van der Waals surface area contributed by atoms with E-state index < -0.39 is 0 Å². The van der Waals surface area contributed by atoms with Crippen molar-refractivity contribution in [2.45, 2.75) is 0 Å². The van der Waals surface area contributed by atoms with Gasteiger partial charge in [-0.15, -0.1) is 22.7 Å². The Morgan fingerprint density at radius 1 is 1.10 bits per heavy atom. The Kier molecular flexibility index (Phi) is 3.62. The molecule has 0 saturated carbocycles. The van der Waals surface area contributed by atoms with Gasteiger partial charge in [-0.05, 0) is 32.9 Å². The molecule has 0 amide bonds. The van der Waals surface area contributed by atoms with Gasteiger partial charge in [-0.25, -0.2) is 0 Å². The van der Waals surface area contributed by atoms with Gasteiger partial charge >= 0.3 is 0 Å². The molecule has 1 aromatic carbocycles. The van der Waals surface area contributed by atoms with Crippen LogP contribution in [0.5, 0.6) is 0 Å². The number of halogens is 1. The van der Waals surface area contributed by atoms with E-state index in [0.29, 0.717) is 10.6 Å². The van der Waals surface area contributed by atoms with Crippen molar-refractivity contribution < 1.29 is 0 Å². The Morgan fingerprint density at radius 3 is 2.45 bits per heavy atom. The number of hydrogen-bond acceptors (Lipinski definition) is 4. The molecular formula is C15H9BrN2S2. The predicted octanol–water partition coefficient (Wildman–Crippen LogP) is 5.36. The zero-order valence-electron chi connectivity index (χ0n) is 10.3. The van der Waals surface area contributed by atoms with Gasteiger partial charge in [0.05, 0.1) is 15.4 Å². The molecular weight excluding hydrogens is 352 g/mol. The lowest BCUT2D eigenvalue weighted by atomic mass is 10.0. The van der Waals surface area contributed by atoms with Gasteiger partial charge in [0.1, 0.15) is 10.9 Å². The number of nitrogens with zero attached hydrogens (tertiary/aromatic N) is 1. The lowest BCUT2D eigenvalue weighted by Crippen LogP contribution is -1.88. The lowest BCUT2D eigenvalue weighted by Gasteiger charge is -2.04. The lowest BCUT2D eigenvalue weighted by molar-refractivity contribution is 1.52. The van der Waals surface area contributed by atoms with Crippen LogP contribution in [0, 0.1) is 11.3 Å². The van der Waals surface area contributed by atoms with Crippen molar-refractivity contribution >= 4 is 44.3 Å². The minimum absolute atomic E-state index is 0.569. The maximum atomic E-state index is 9.24. The molecule has 3 aromatic rings. The highest BCUT2D eigenvalue weighted by molar-refractivity contribution is 9.10. The molecule has 0 unspecified atom stereocenters. The van der Waals surface area contributed by atoms with E-state index in [9.17, 15) is 5.26 Å². The number of rotatable bonds is 2. The fourth-order valence-corrected chi connectivity index (χ4v) is 4.94. The first-order chi connectivity index (χ1) is 9.72. The minimum atomic E-state index is 0.569. The van der Waals surface area contributed by atoms with Gasteiger partial charge in [-0.1, -0.05) is 30.3 Å². The average Bonchev–Trinajstić information content (AvgIpc) is 3.03. The Bertz CT molecular complexity index is 797. The maximum absolute atomic E-state index is 9.24. The van der Waals surface area contributed by atoms with E-state index in [1.165, 1.54) is 11.3 Å². The van der Waals surface area contributed by atoms with Crippen LogP contribution in [-0.2, 0) is 0 Å². The second kappa shape index (κ2) is 5.41. The Balaban J connectivity index is 2.31. The van der Waals surface area contributed by atoms with E-state index in [1.54, 1.807) is 11.3 Å². The van der Waals surface area contributed by atoms with Gasteiger partial charge < -0.3 is 5.73 Å². The zero-order valence-corrected chi connectivity index (χ0v) is 13.5. The molecule has 2 heterocycles. The minimum Gasteiger partial charge on any atom is -0.396 e. The number of hydrogen-bond donors (Lipinski definition) is 1. The normalized spacial score (nSPS) is 10.4. The Morgan fingerprint density at radius 2 is 1.85 bits per heavy atom. The molecule has 0 fully saturated rings. The first kappa shape index (κ1) is 13.4. The average molecular weight is 361 g/mol. The molecule has 0 aliphatic carbocycles. The highest BCUT2D eigenvalue weighted by Gasteiger charge is 2.20. The van der Waals surface area contributed by atoms with Crippen LogP contribution in [0.25, 0.3) is 20.9 Å². The topological polar surface area (TPSA) is 49.8 Å². The molecule has 98 valence electrons. The van der Waals surface area contributed by atoms with Crippen LogP contribution < -0.4 is 5.73 Å². The van der Waals surface area contributed by atoms with Crippen LogP contribution in [0.4, 0.5) is 5.69 Å². The highest BCUT2D eigenvalue weighted by atomic mass is 79.9.